The van der Waals surface area contributed by atoms with Crippen LogP contribution in [0, 0.1) is 0 Å². The summed E-state index contributed by atoms with van der Waals surface area (Å²) in [6, 6.07) is 17.9. The van der Waals surface area contributed by atoms with Gasteiger partial charge in [0, 0.05) is 37.3 Å². The van der Waals surface area contributed by atoms with Crippen LogP contribution in [-0.2, 0) is 26.7 Å². The Kier molecular flexibility index (Phi) is 4.56. The molecular weight excluding hydrogens is 326 g/mol. The predicted molar refractivity (Wildman–Crippen MR) is 101 cm³/mol. The van der Waals surface area contributed by atoms with Crippen molar-refractivity contribution >= 4 is 11.0 Å². The molecule has 0 saturated carbocycles. The number of fused-ring (bicyclic) bond motifs is 1. The molecule has 0 fully saturated rings. The summed E-state index contributed by atoms with van der Waals surface area (Å²) in [6.45, 7) is 1.40. The smallest absolute Gasteiger partial charge is 0.156 e. The number of aliphatic hydroxyl groups is 1. The first kappa shape index (κ1) is 16.6. The fraction of sp³-hybridized carbons (Fsp3) is 0.190. The Hall–Kier alpha value is -2.89. The zero-order valence-electron chi connectivity index (χ0n) is 14.6. The lowest BCUT2D eigenvalue weighted by atomic mass is 10.1. The monoisotopic (exact) mass is 347 g/mol. The van der Waals surface area contributed by atoms with E-state index in [-0.39, 0.29) is 6.61 Å². The third-order valence-electron chi connectivity index (χ3n) is 4.48. The SMILES string of the molecule is Cn1cc(CNCc2ccccc2CO)c(-c2cc3ccccc3o2)n1. The van der Waals surface area contributed by atoms with Gasteiger partial charge in [0.1, 0.15) is 11.3 Å². The molecule has 2 aromatic heterocycles. The second kappa shape index (κ2) is 7.15. The second-order valence-electron chi connectivity index (χ2n) is 6.36. The van der Waals surface area contributed by atoms with E-state index in [1.165, 1.54) is 0 Å². The van der Waals surface area contributed by atoms with Crippen molar-refractivity contribution in [3.63, 3.8) is 0 Å². The maximum Gasteiger partial charge on any atom is 0.156 e. The third-order valence-corrected chi connectivity index (χ3v) is 4.48. The highest BCUT2D eigenvalue weighted by Crippen LogP contribution is 2.29. The molecule has 0 radical (unpaired) electrons. The van der Waals surface area contributed by atoms with Gasteiger partial charge in [0.05, 0.1) is 6.61 Å². The number of benzene rings is 2. The molecule has 2 aromatic carbocycles. The number of aliphatic hydroxyl groups excluding tert-OH is 1. The molecule has 2 N–H and O–H groups in total. The topological polar surface area (TPSA) is 63.2 Å². The Bertz CT molecular complexity index is 1000. The Morgan fingerprint density at radius 3 is 2.54 bits per heavy atom. The van der Waals surface area contributed by atoms with E-state index >= 15 is 0 Å². The molecule has 0 aliphatic rings. The quantitative estimate of drug-likeness (QED) is 0.559. The van der Waals surface area contributed by atoms with Crippen molar-refractivity contribution in [1.29, 1.82) is 0 Å². The largest absolute Gasteiger partial charge is 0.454 e. The van der Waals surface area contributed by atoms with E-state index in [9.17, 15) is 5.11 Å². The highest BCUT2D eigenvalue weighted by atomic mass is 16.3. The van der Waals surface area contributed by atoms with Crippen molar-refractivity contribution in [2.24, 2.45) is 7.05 Å². The van der Waals surface area contributed by atoms with E-state index in [1.807, 2.05) is 67.8 Å². The van der Waals surface area contributed by atoms with E-state index < -0.39 is 0 Å². The predicted octanol–water partition coefficient (Wildman–Crippen LogP) is 3.62. The van der Waals surface area contributed by atoms with Crippen LogP contribution in [-0.4, -0.2) is 14.9 Å². The Labute approximate surface area is 151 Å². The number of aromatic nitrogens is 2. The Morgan fingerprint density at radius 1 is 1.00 bits per heavy atom. The maximum atomic E-state index is 9.45. The summed E-state index contributed by atoms with van der Waals surface area (Å²) in [5.74, 6) is 0.777. The van der Waals surface area contributed by atoms with E-state index in [1.54, 1.807) is 4.68 Å². The lowest BCUT2D eigenvalue weighted by Gasteiger charge is -2.08. The van der Waals surface area contributed by atoms with E-state index in [0.29, 0.717) is 13.1 Å². The van der Waals surface area contributed by atoms with Crippen molar-refractivity contribution in [2.75, 3.05) is 0 Å². The molecule has 0 bridgehead atoms. The average molecular weight is 347 g/mol. The van der Waals surface area contributed by atoms with Crippen LogP contribution in [0.1, 0.15) is 16.7 Å². The van der Waals surface area contributed by atoms with Crippen molar-refractivity contribution < 1.29 is 9.52 Å². The van der Waals surface area contributed by atoms with Crippen LogP contribution in [0.5, 0.6) is 0 Å². The summed E-state index contributed by atoms with van der Waals surface area (Å²) in [4.78, 5) is 0. The van der Waals surface area contributed by atoms with Crippen LogP contribution >= 0.6 is 0 Å². The number of nitrogens with zero attached hydrogens (tertiary/aromatic N) is 2. The number of furan rings is 1. The fourth-order valence-electron chi connectivity index (χ4n) is 3.19. The Morgan fingerprint density at radius 2 is 1.73 bits per heavy atom. The molecule has 26 heavy (non-hydrogen) atoms. The fourth-order valence-corrected chi connectivity index (χ4v) is 3.19. The summed E-state index contributed by atoms with van der Waals surface area (Å²) in [5.41, 5.74) is 4.84. The van der Waals surface area contributed by atoms with Gasteiger partial charge in [-0.1, -0.05) is 42.5 Å². The van der Waals surface area contributed by atoms with Gasteiger partial charge in [-0.25, -0.2) is 0 Å². The van der Waals surface area contributed by atoms with E-state index in [2.05, 4.69) is 10.4 Å². The molecule has 0 aliphatic heterocycles. The summed E-state index contributed by atoms with van der Waals surface area (Å²) < 4.78 is 7.78. The summed E-state index contributed by atoms with van der Waals surface area (Å²) >= 11 is 0. The zero-order valence-corrected chi connectivity index (χ0v) is 14.6. The van der Waals surface area contributed by atoms with Gasteiger partial charge >= 0.3 is 0 Å². The molecule has 5 heteroatoms. The van der Waals surface area contributed by atoms with Gasteiger partial charge < -0.3 is 14.8 Å². The van der Waals surface area contributed by atoms with Crippen LogP contribution in [0.3, 0.4) is 0 Å². The van der Waals surface area contributed by atoms with Crippen LogP contribution < -0.4 is 5.32 Å². The molecule has 0 amide bonds. The highest BCUT2D eigenvalue weighted by molar-refractivity contribution is 5.82. The second-order valence-corrected chi connectivity index (χ2v) is 6.36. The standard InChI is InChI=1S/C21H21N3O2/c1-24-13-18(12-22-11-16-7-2-3-8-17(16)14-25)21(23-24)20-10-15-6-4-5-9-19(15)26-20/h2-10,13,22,25H,11-12,14H2,1H3. The van der Waals surface area contributed by atoms with Gasteiger partial charge in [0.25, 0.3) is 0 Å². The summed E-state index contributed by atoms with van der Waals surface area (Å²) in [7, 11) is 1.91. The minimum Gasteiger partial charge on any atom is -0.454 e. The summed E-state index contributed by atoms with van der Waals surface area (Å²) in [6.07, 6.45) is 2.01. The number of rotatable bonds is 6. The minimum absolute atomic E-state index is 0.0506. The van der Waals surface area contributed by atoms with Gasteiger partial charge in [-0.05, 0) is 23.3 Å². The molecule has 0 saturated heterocycles. The highest BCUT2D eigenvalue weighted by Gasteiger charge is 2.14. The number of hydrogen-bond donors (Lipinski definition) is 2. The van der Waals surface area contributed by atoms with Gasteiger partial charge in [0.15, 0.2) is 5.76 Å². The molecule has 0 unspecified atom stereocenters. The van der Waals surface area contributed by atoms with Crippen LogP contribution in [0.2, 0.25) is 0 Å². The van der Waals surface area contributed by atoms with Gasteiger partial charge in [-0.15, -0.1) is 0 Å². The van der Waals surface area contributed by atoms with Crippen molar-refractivity contribution in [3.8, 4) is 11.5 Å². The molecule has 4 aromatic rings. The lowest BCUT2D eigenvalue weighted by Crippen LogP contribution is -2.14. The number of aryl methyl sites for hydroxylation is 1. The van der Waals surface area contributed by atoms with Crippen molar-refractivity contribution in [1.82, 2.24) is 15.1 Å². The molecule has 0 aliphatic carbocycles. The first-order valence-corrected chi connectivity index (χ1v) is 8.64. The average Bonchev–Trinajstić information content (AvgIpc) is 3.25. The number of hydrogen-bond acceptors (Lipinski definition) is 4. The Balaban J connectivity index is 1.54. The van der Waals surface area contributed by atoms with Gasteiger partial charge in [0.2, 0.25) is 0 Å². The number of para-hydroxylation sites is 1. The molecule has 132 valence electrons. The molecule has 0 atom stereocenters. The molecule has 0 spiro atoms. The van der Waals surface area contributed by atoms with Crippen molar-refractivity contribution in [3.05, 3.63) is 77.5 Å². The van der Waals surface area contributed by atoms with E-state index in [0.717, 1.165) is 39.1 Å². The van der Waals surface area contributed by atoms with Crippen LogP contribution in [0.25, 0.3) is 22.4 Å². The van der Waals surface area contributed by atoms with Crippen molar-refractivity contribution in [2.45, 2.75) is 19.7 Å². The first-order chi connectivity index (χ1) is 12.7. The molecule has 5 nitrogen and oxygen atoms in total. The summed E-state index contributed by atoms with van der Waals surface area (Å²) in [5, 5.41) is 18.5. The molecule has 4 rings (SSSR count). The first-order valence-electron chi connectivity index (χ1n) is 8.64. The van der Waals surface area contributed by atoms with E-state index in [4.69, 9.17) is 4.42 Å². The molecule has 2 heterocycles. The van der Waals surface area contributed by atoms with Gasteiger partial charge in [-0.2, -0.15) is 5.10 Å². The maximum absolute atomic E-state index is 9.45. The van der Waals surface area contributed by atoms with Crippen LogP contribution in [0.4, 0.5) is 0 Å². The minimum atomic E-state index is 0.0506. The van der Waals surface area contributed by atoms with Crippen LogP contribution in [0.15, 0.2) is 65.2 Å². The zero-order chi connectivity index (χ0) is 17.9. The van der Waals surface area contributed by atoms with Gasteiger partial charge in [-0.3, -0.25) is 4.68 Å². The lowest BCUT2D eigenvalue weighted by molar-refractivity contribution is 0.280. The molecular formula is C21H21N3O2. The number of nitrogens with one attached hydrogen (secondary N) is 1. The third kappa shape index (κ3) is 3.27. The normalized spacial score (nSPS) is 11.3.